The van der Waals surface area contributed by atoms with E-state index in [1.54, 1.807) is 0 Å². The minimum Gasteiger partial charge on any atom is -0.387 e. The van der Waals surface area contributed by atoms with Crippen LogP contribution in [-0.2, 0) is 17.1 Å². The van der Waals surface area contributed by atoms with Gasteiger partial charge in [0.25, 0.3) is 0 Å². The fourth-order valence-corrected chi connectivity index (χ4v) is 2.36. The monoisotopic (exact) mass is 366 g/mol. The summed E-state index contributed by atoms with van der Waals surface area (Å²) in [5, 5.41) is 9.82. The van der Waals surface area contributed by atoms with Crippen LogP contribution in [0.15, 0.2) is 24.3 Å². The number of benzene rings is 1. The lowest BCUT2D eigenvalue weighted by atomic mass is 9.95. The topological polar surface area (TPSA) is 76.2 Å². The van der Waals surface area contributed by atoms with Gasteiger partial charge in [-0.15, -0.1) is 0 Å². The van der Waals surface area contributed by atoms with Gasteiger partial charge in [-0.1, -0.05) is 12.1 Å². The Bertz CT molecular complexity index is 788. The molecule has 0 aliphatic carbocycles. The number of nitrogens with two attached hydrogens (primary N) is 1. The SMILES string of the molecule is NC(CC=O)C(O)c1cc(C(F)(F)F)nc2c(C(F)(F)F)cccc12. The van der Waals surface area contributed by atoms with Gasteiger partial charge in [-0.25, -0.2) is 4.98 Å². The van der Waals surface area contributed by atoms with Crippen molar-refractivity contribution in [3.8, 4) is 0 Å². The van der Waals surface area contributed by atoms with Crippen molar-refractivity contribution in [3.05, 3.63) is 41.1 Å². The van der Waals surface area contributed by atoms with Gasteiger partial charge in [0.15, 0.2) is 0 Å². The molecule has 1 heterocycles. The summed E-state index contributed by atoms with van der Waals surface area (Å²) in [7, 11) is 0. The van der Waals surface area contributed by atoms with Gasteiger partial charge in [0.05, 0.1) is 17.2 Å². The number of halogens is 6. The van der Waals surface area contributed by atoms with Gasteiger partial charge in [0.2, 0.25) is 0 Å². The zero-order valence-corrected chi connectivity index (χ0v) is 12.4. The zero-order chi connectivity index (χ0) is 19.0. The standard InChI is InChI=1S/C15H12F6N2O2/c16-14(17,18)9-3-1-2-7-8(13(25)10(22)4-5-24)6-11(15(19,20)21)23-12(7)9/h1-3,5-6,10,13,25H,4,22H2. The molecule has 0 bridgehead atoms. The van der Waals surface area contributed by atoms with E-state index in [4.69, 9.17) is 5.73 Å². The molecule has 0 saturated heterocycles. The van der Waals surface area contributed by atoms with Crippen LogP contribution in [0, 0.1) is 0 Å². The van der Waals surface area contributed by atoms with Crippen LogP contribution in [0.2, 0.25) is 0 Å². The van der Waals surface area contributed by atoms with E-state index in [1.165, 1.54) is 0 Å². The van der Waals surface area contributed by atoms with Crippen LogP contribution in [0.4, 0.5) is 26.3 Å². The maximum atomic E-state index is 13.1. The zero-order valence-electron chi connectivity index (χ0n) is 12.4. The van der Waals surface area contributed by atoms with E-state index < -0.39 is 46.8 Å². The van der Waals surface area contributed by atoms with E-state index in [0.29, 0.717) is 18.4 Å². The molecule has 0 radical (unpaired) electrons. The number of pyridine rings is 1. The molecule has 0 saturated carbocycles. The second-order valence-electron chi connectivity index (χ2n) is 5.31. The molecule has 4 nitrogen and oxygen atoms in total. The van der Waals surface area contributed by atoms with Crippen LogP contribution < -0.4 is 5.73 Å². The molecule has 1 aromatic heterocycles. The average Bonchev–Trinajstić information content (AvgIpc) is 2.50. The van der Waals surface area contributed by atoms with Crippen molar-refractivity contribution in [3.63, 3.8) is 0 Å². The normalized spacial score (nSPS) is 15.2. The Kier molecular flexibility index (Phi) is 5.05. The first-order chi connectivity index (χ1) is 11.5. The van der Waals surface area contributed by atoms with Crippen molar-refractivity contribution in [2.24, 2.45) is 5.73 Å². The highest BCUT2D eigenvalue weighted by molar-refractivity contribution is 5.86. The van der Waals surface area contributed by atoms with Crippen molar-refractivity contribution in [2.75, 3.05) is 0 Å². The Morgan fingerprint density at radius 1 is 1.16 bits per heavy atom. The van der Waals surface area contributed by atoms with Crippen LogP contribution in [-0.4, -0.2) is 22.4 Å². The first-order valence-electron chi connectivity index (χ1n) is 6.92. The highest BCUT2D eigenvalue weighted by atomic mass is 19.4. The molecule has 25 heavy (non-hydrogen) atoms. The van der Waals surface area contributed by atoms with Crippen molar-refractivity contribution < 1.29 is 36.2 Å². The van der Waals surface area contributed by atoms with Gasteiger partial charge in [-0.2, -0.15) is 26.3 Å². The highest BCUT2D eigenvalue weighted by Crippen LogP contribution is 2.39. The number of aliphatic hydroxyl groups is 1. The Labute approximate surface area is 137 Å². The number of aromatic nitrogens is 1. The van der Waals surface area contributed by atoms with Crippen molar-refractivity contribution in [1.82, 2.24) is 4.98 Å². The molecule has 0 spiro atoms. The molecule has 0 aliphatic heterocycles. The third-order valence-corrected chi connectivity index (χ3v) is 3.56. The number of hydrogen-bond acceptors (Lipinski definition) is 4. The number of fused-ring (bicyclic) bond motifs is 1. The summed E-state index contributed by atoms with van der Waals surface area (Å²) in [6.07, 6.45) is -11.8. The molecule has 2 rings (SSSR count). The molecule has 0 aliphatic rings. The fraction of sp³-hybridized carbons (Fsp3) is 0.333. The Balaban J connectivity index is 2.82. The molecule has 2 unspecified atom stereocenters. The van der Waals surface area contributed by atoms with Gasteiger partial charge >= 0.3 is 12.4 Å². The Morgan fingerprint density at radius 2 is 1.80 bits per heavy atom. The minimum atomic E-state index is -5.03. The number of rotatable bonds is 4. The van der Waals surface area contributed by atoms with Crippen LogP contribution in [0.3, 0.4) is 0 Å². The van der Waals surface area contributed by atoms with Crippen LogP contribution in [0.5, 0.6) is 0 Å². The molecule has 3 N–H and O–H groups in total. The van der Waals surface area contributed by atoms with E-state index in [-0.39, 0.29) is 11.8 Å². The third-order valence-electron chi connectivity index (χ3n) is 3.56. The van der Waals surface area contributed by atoms with Gasteiger partial charge < -0.3 is 15.6 Å². The molecule has 10 heteroatoms. The molecule has 2 atom stereocenters. The number of aliphatic hydroxyl groups excluding tert-OH is 1. The third kappa shape index (κ3) is 3.90. The second-order valence-corrected chi connectivity index (χ2v) is 5.31. The maximum absolute atomic E-state index is 13.1. The lowest BCUT2D eigenvalue weighted by Gasteiger charge is -2.21. The van der Waals surface area contributed by atoms with E-state index in [1.807, 2.05) is 0 Å². The lowest BCUT2D eigenvalue weighted by Crippen LogP contribution is -2.29. The molecular formula is C15H12F6N2O2. The quantitative estimate of drug-likeness (QED) is 0.644. The van der Waals surface area contributed by atoms with E-state index in [2.05, 4.69) is 4.98 Å². The predicted molar refractivity (Wildman–Crippen MR) is 75.4 cm³/mol. The largest absolute Gasteiger partial charge is 0.433 e. The smallest absolute Gasteiger partial charge is 0.387 e. The van der Waals surface area contributed by atoms with E-state index in [9.17, 15) is 36.2 Å². The molecule has 2 aromatic rings. The minimum absolute atomic E-state index is 0.323. The Morgan fingerprint density at radius 3 is 2.32 bits per heavy atom. The van der Waals surface area contributed by atoms with Crippen molar-refractivity contribution in [2.45, 2.75) is 30.9 Å². The van der Waals surface area contributed by atoms with E-state index >= 15 is 0 Å². The molecule has 1 aromatic carbocycles. The molecule has 0 amide bonds. The van der Waals surface area contributed by atoms with Crippen LogP contribution in [0.1, 0.15) is 29.3 Å². The summed E-state index contributed by atoms with van der Waals surface area (Å²) >= 11 is 0. The summed E-state index contributed by atoms with van der Waals surface area (Å²) in [5.41, 5.74) is 1.15. The van der Waals surface area contributed by atoms with Crippen molar-refractivity contribution >= 4 is 17.2 Å². The summed E-state index contributed by atoms with van der Waals surface area (Å²) in [4.78, 5) is 13.6. The Hall–Kier alpha value is -2.20. The summed E-state index contributed by atoms with van der Waals surface area (Å²) in [6.45, 7) is 0. The number of aldehydes is 1. The lowest BCUT2D eigenvalue weighted by molar-refractivity contribution is -0.142. The number of hydrogen-bond donors (Lipinski definition) is 2. The number of carbonyl (C=O) groups excluding carboxylic acids is 1. The maximum Gasteiger partial charge on any atom is 0.433 e. The van der Waals surface area contributed by atoms with Crippen LogP contribution >= 0.6 is 0 Å². The second kappa shape index (κ2) is 6.60. The molecular weight excluding hydrogens is 354 g/mol. The van der Waals surface area contributed by atoms with Gasteiger partial charge in [-0.05, 0) is 17.7 Å². The molecule has 0 fully saturated rings. The first-order valence-corrected chi connectivity index (χ1v) is 6.92. The van der Waals surface area contributed by atoms with Gasteiger partial charge in [0, 0.05) is 17.8 Å². The number of nitrogens with zero attached hydrogens (tertiary/aromatic N) is 1. The van der Waals surface area contributed by atoms with Crippen molar-refractivity contribution in [1.29, 1.82) is 0 Å². The summed E-state index contributed by atoms with van der Waals surface area (Å²) in [5.74, 6) is 0. The number of para-hydroxylation sites is 1. The van der Waals surface area contributed by atoms with Gasteiger partial charge in [-0.3, -0.25) is 0 Å². The van der Waals surface area contributed by atoms with E-state index in [0.717, 1.165) is 12.1 Å². The number of carbonyl (C=O) groups is 1. The number of alkyl halides is 6. The summed E-state index contributed by atoms with van der Waals surface area (Å²) < 4.78 is 78.4. The highest BCUT2D eigenvalue weighted by Gasteiger charge is 2.38. The van der Waals surface area contributed by atoms with Crippen LogP contribution in [0.25, 0.3) is 10.9 Å². The average molecular weight is 366 g/mol. The van der Waals surface area contributed by atoms with Gasteiger partial charge in [0.1, 0.15) is 12.0 Å². The summed E-state index contributed by atoms with van der Waals surface area (Å²) in [6, 6.07) is 1.85. The predicted octanol–water partition coefficient (Wildman–Crippen LogP) is 3.22. The fourth-order valence-electron chi connectivity index (χ4n) is 2.36. The first kappa shape index (κ1) is 19.1. The molecule has 136 valence electrons.